The Bertz CT molecular complexity index is 1090. The number of rotatable bonds is 10. The van der Waals surface area contributed by atoms with Crippen molar-refractivity contribution in [3.8, 4) is 0 Å². The van der Waals surface area contributed by atoms with E-state index in [0.717, 1.165) is 5.56 Å². The molecule has 2 N–H and O–H groups in total. The molecule has 0 aliphatic heterocycles. The molecule has 6 nitrogen and oxygen atoms in total. The van der Waals surface area contributed by atoms with Crippen molar-refractivity contribution in [1.82, 2.24) is 20.5 Å². The molecule has 1 fully saturated rings. The minimum atomic E-state index is -4.44. The third-order valence-corrected chi connectivity index (χ3v) is 7.36. The summed E-state index contributed by atoms with van der Waals surface area (Å²) < 4.78 is 41.8. The Hall–Kier alpha value is -2.36. The van der Waals surface area contributed by atoms with Crippen molar-refractivity contribution in [2.75, 3.05) is 27.7 Å². The molecular weight excluding hydrogens is 516 g/mol. The Kier molecular flexibility index (Phi) is 8.90. The van der Waals surface area contributed by atoms with Crippen molar-refractivity contribution in [1.29, 1.82) is 0 Å². The summed E-state index contributed by atoms with van der Waals surface area (Å²) >= 11 is 12.2. The molecule has 1 aromatic heterocycles. The normalized spacial score (nSPS) is 16.4. The minimum Gasteiger partial charge on any atom is -0.355 e. The quantitative estimate of drug-likeness (QED) is 0.448. The second kappa shape index (κ2) is 11.4. The van der Waals surface area contributed by atoms with Crippen LogP contribution in [0.25, 0.3) is 0 Å². The van der Waals surface area contributed by atoms with Crippen LogP contribution in [0.2, 0.25) is 10.0 Å². The van der Waals surface area contributed by atoms with E-state index in [-0.39, 0.29) is 43.5 Å². The number of pyridine rings is 1. The molecule has 1 saturated carbocycles. The van der Waals surface area contributed by atoms with Gasteiger partial charge in [-0.25, -0.2) is 0 Å². The average Bonchev–Trinajstić information content (AvgIpc) is 3.63. The summed E-state index contributed by atoms with van der Waals surface area (Å²) in [5, 5.41) is 6.07. The number of amides is 2. The molecule has 2 atom stereocenters. The molecule has 2 aromatic rings. The van der Waals surface area contributed by atoms with Gasteiger partial charge < -0.3 is 15.5 Å². The van der Waals surface area contributed by atoms with Crippen LogP contribution in [0.5, 0.6) is 0 Å². The van der Waals surface area contributed by atoms with Crippen LogP contribution in [0.1, 0.15) is 46.8 Å². The highest BCUT2D eigenvalue weighted by atomic mass is 35.5. The van der Waals surface area contributed by atoms with Crippen LogP contribution in [-0.2, 0) is 11.2 Å². The first-order chi connectivity index (χ1) is 16.9. The summed E-state index contributed by atoms with van der Waals surface area (Å²) in [7, 11) is 5.21. The van der Waals surface area contributed by atoms with Gasteiger partial charge in [0.1, 0.15) is 0 Å². The van der Waals surface area contributed by atoms with Gasteiger partial charge in [-0.2, -0.15) is 13.2 Å². The van der Waals surface area contributed by atoms with Crippen LogP contribution in [0.15, 0.2) is 36.5 Å². The highest BCUT2D eigenvalue weighted by Gasteiger charge is 2.67. The van der Waals surface area contributed by atoms with Gasteiger partial charge in [-0.3, -0.25) is 14.6 Å². The van der Waals surface area contributed by atoms with Crippen molar-refractivity contribution < 1.29 is 22.8 Å². The molecule has 3 rings (SSSR count). The van der Waals surface area contributed by atoms with Gasteiger partial charge in [0, 0.05) is 54.4 Å². The van der Waals surface area contributed by atoms with Gasteiger partial charge in [0.25, 0.3) is 5.91 Å². The summed E-state index contributed by atoms with van der Waals surface area (Å²) in [6.07, 6.45) is -3.09. The summed E-state index contributed by atoms with van der Waals surface area (Å²) in [5.41, 5.74) is -0.529. The number of hydrogen-bond acceptors (Lipinski definition) is 4. The zero-order chi connectivity index (χ0) is 26.7. The summed E-state index contributed by atoms with van der Waals surface area (Å²) in [6.45, 7) is 0.207. The van der Waals surface area contributed by atoms with Crippen molar-refractivity contribution in [2.24, 2.45) is 5.41 Å². The maximum absolute atomic E-state index is 13.9. The van der Waals surface area contributed by atoms with Crippen molar-refractivity contribution >= 4 is 35.0 Å². The number of carbonyl (C=O) groups excluding carboxylic acids is 2. The van der Waals surface area contributed by atoms with E-state index >= 15 is 0 Å². The first kappa shape index (κ1) is 28.2. The fourth-order valence-electron chi connectivity index (χ4n) is 4.32. The Morgan fingerprint density at radius 2 is 1.86 bits per heavy atom. The summed E-state index contributed by atoms with van der Waals surface area (Å²) in [6, 6.07) is 7.77. The fourth-order valence-corrected chi connectivity index (χ4v) is 4.69. The fraction of sp³-hybridized carbons (Fsp3) is 0.480. The number of hydrogen-bond donors (Lipinski definition) is 2. The van der Waals surface area contributed by atoms with Crippen LogP contribution in [0.4, 0.5) is 13.2 Å². The van der Waals surface area contributed by atoms with Crippen molar-refractivity contribution in [3.63, 3.8) is 0 Å². The van der Waals surface area contributed by atoms with Gasteiger partial charge in [0.05, 0.1) is 10.4 Å². The van der Waals surface area contributed by atoms with Gasteiger partial charge in [-0.05, 0) is 63.2 Å². The molecule has 11 heteroatoms. The number of alkyl halides is 3. The van der Waals surface area contributed by atoms with Crippen molar-refractivity contribution in [2.45, 2.75) is 43.8 Å². The molecule has 196 valence electrons. The van der Waals surface area contributed by atoms with Gasteiger partial charge >= 0.3 is 6.18 Å². The predicted molar refractivity (Wildman–Crippen MR) is 133 cm³/mol. The monoisotopic (exact) mass is 544 g/mol. The van der Waals surface area contributed by atoms with Gasteiger partial charge in [0.15, 0.2) is 0 Å². The lowest BCUT2D eigenvalue weighted by Crippen LogP contribution is -2.43. The summed E-state index contributed by atoms with van der Waals surface area (Å²) in [4.78, 5) is 30.7. The molecule has 1 unspecified atom stereocenters. The SMILES string of the molecule is CNC(=O)c1ccc(C[C@@H](CNC(=O)CC(c2ccc(Cl)cn2)C2(C(F)(F)F)CC2)N(C)C)c(Cl)c1. The molecule has 0 radical (unpaired) electrons. The Morgan fingerprint density at radius 1 is 1.17 bits per heavy atom. The largest absolute Gasteiger partial charge is 0.395 e. The van der Waals surface area contributed by atoms with Crippen LogP contribution in [0, 0.1) is 5.41 Å². The molecule has 1 aliphatic carbocycles. The Labute approximate surface area is 218 Å². The molecule has 1 aromatic carbocycles. The number of nitrogens with zero attached hydrogens (tertiary/aromatic N) is 2. The number of likely N-dealkylation sites (N-methyl/N-ethyl adjacent to an activating group) is 1. The maximum Gasteiger partial charge on any atom is 0.395 e. The van der Waals surface area contributed by atoms with Crippen LogP contribution < -0.4 is 10.6 Å². The molecule has 36 heavy (non-hydrogen) atoms. The van der Waals surface area contributed by atoms with E-state index < -0.39 is 23.4 Å². The van der Waals surface area contributed by atoms with Gasteiger partial charge in [-0.1, -0.05) is 29.3 Å². The van der Waals surface area contributed by atoms with Gasteiger partial charge in [-0.15, -0.1) is 0 Å². The van der Waals surface area contributed by atoms with Crippen LogP contribution >= 0.6 is 23.2 Å². The summed E-state index contributed by atoms with van der Waals surface area (Å²) in [5.74, 6) is -1.84. The van der Waals surface area contributed by atoms with E-state index in [1.807, 2.05) is 19.0 Å². The lowest BCUT2D eigenvalue weighted by molar-refractivity contribution is -0.195. The number of nitrogens with one attached hydrogen (secondary N) is 2. The zero-order valence-corrected chi connectivity index (χ0v) is 21.8. The first-order valence-corrected chi connectivity index (χ1v) is 12.3. The average molecular weight is 545 g/mol. The van der Waals surface area contributed by atoms with Crippen LogP contribution in [0.3, 0.4) is 0 Å². The highest BCUT2D eigenvalue weighted by molar-refractivity contribution is 6.31. The van der Waals surface area contributed by atoms with E-state index in [4.69, 9.17) is 23.2 Å². The van der Waals surface area contributed by atoms with E-state index in [2.05, 4.69) is 15.6 Å². The zero-order valence-electron chi connectivity index (χ0n) is 20.3. The third kappa shape index (κ3) is 6.49. The lowest BCUT2D eigenvalue weighted by Gasteiger charge is -2.29. The van der Waals surface area contributed by atoms with E-state index in [0.29, 0.717) is 22.0 Å². The highest BCUT2D eigenvalue weighted by Crippen LogP contribution is 2.65. The molecule has 1 aliphatic rings. The molecule has 1 heterocycles. The lowest BCUT2D eigenvalue weighted by atomic mass is 9.82. The minimum absolute atomic E-state index is 0.0381. The second-order valence-electron chi connectivity index (χ2n) is 9.32. The number of benzene rings is 1. The molecule has 0 spiro atoms. The second-order valence-corrected chi connectivity index (χ2v) is 10.2. The molecule has 0 saturated heterocycles. The van der Waals surface area contributed by atoms with E-state index in [9.17, 15) is 22.8 Å². The molecule has 0 bridgehead atoms. The van der Waals surface area contributed by atoms with E-state index in [1.54, 1.807) is 18.2 Å². The topological polar surface area (TPSA) is 74.3 Å². The standard InChI is InChI=1S/C25H29Cl2F3N4O2/c1-31-23(36)16-5-4-15(20(27)11-16)10-18(34(2)3)14-33-22(35)12-19(21-7-6-17(26)13-32-21)24(8-9-24)25(28,29)30/h4-7,11,13,18-19H,8-10,12,14H2,1-3H3,(H,31,36)(H,33,35)/t18-,19?/m0/s1. The smallest absolute Gasteiger partial charge is 0.355 e. The Morgan fingerprint density at radius 3 is 2.36 bits per heavy atom. The molecule has 2 amide bonds. The number of carbonyl (C=O) groups is 2. The van der Waals surface area contributed by atoms with Crippen LogP contribution in [-0.4, -0.2) is 61.6 Å². The number of aromatic nitrogens is 1. The number of halogens is 5. The third-order valence-electron chi connectivity index (χ3n) is 6.78. The Balaban J connectivity index is 1.70. The predicted octanol–water partition coefficient (Wildman–Crippen LogP) is 4.85. The van der Waals surface area contributed by atoms with E-state index in [1.165, 1.54) is 25.4 Å². The van der Waals surface area contributed by atoms with Gasteiger partial charge in [0.2, 0.25) is 5.91 Å². The maximum atomic E-state index is 13.9. The molecular formula is C25H29Cl2F3N4O2. The van der Waals surface area contributed by atoms with Crippen molar-refractivity contribution in [3.05, 3.63) is 63.4 Å². The first-order valence-electron chi connectivity index (χ1n) is 11.5.